The van der Waals surface area contributed by atoms with Gasteiger partial charge in [-0.2, -0.15) is 5.10 Å². The van der Waals surface area contributed by atoms with E-state index in [0.29, 0.717) is 6.54 Å². The zero-order valence-corrected chi connectivity index (χ0v) is 12.0. The summed E-state index contributed by atoms with van der Waals surface area (Å²) >= 11 is 0. The predicted molar refractivity (Wildman–Crippen MR) is 71.8 cm³/mol. The predicted octanol–water partition coefficient (Wildman–Crippen LogP) is 1.74. The number of nitrogens with zero attached hydrogens (tertiary/aromatic N) is 4. The molecule has 0 saturated carbocycles. The molecule has 0 aliphatic heterocycles. The first-order valence-corrected chi connectivity index (χ1v) is 6.65. The first kappa shape index (κ1) is 13.7. The van der Waals surface area contributed by atoms with Crippen LogP contribution in [0.15, 0.2) is 4.63 Å². The molecule has 0 saturated heterocycles. The van der Waals surface area contributed by atoms with Crippen LogP contribution in [0.4, 0.5) is 0 Å². The molecule has 0 aromatic carbocycles. The van der Waals surface area contributed by atoms with Gasteiger partial charge >= 0.3 is 0 Å². The number of aromatic nitrogens is 4. The fourth-order valence-corrected chi connectivity index (χ4v) is 2.07. The van der Waals surface area contributed by atoms with Gasteiger partial charge in [0.25, 0.3) is 0 Å². The van der Waals surface area contributed by atoms with Gasteiger partial charge in [0.05, 0.1) is 12.2 Å². The molecule has 2 rings (SSSR count). The van der Waals surface area contributed by atoms with Gasteiger partial charge in [-0.3, -0.25) is 4.68 Å². The summed E-state index contributed by atoms with van der Waals surface area (Å²) in [4.78, 5) is 0. The van der Waals surface area contributed by atoms with Gasteiger partial charge in [-0.05, 0) is 33.7 Å². The lowest BCUT2D eigenvalue weighted by atomic mass is 10.2. The summed E-state index contributed by atoms with van der Waals surface area (Å²) in [5, 5.41) is 15.7. The van der Waals surface area contributed by atoms with Crippen molar-refractivity contribution in [2.75, 3.05) is 6.54 Å². The molecule has 0 radical (unpaired) electrons. The fraction of sp³-hybridized carbons (Fsp3) is 0.615. The van der Waals surface area contributed by atoms with Gasteiger partial charge in [0.2, 0.25) is 0 Å². The highest BCUT2D eigenvalue weighted by atomic mass is 16.6. The molecule has 0 aliphatic rings. The van der Waals surface area contributed by atoms with Crippen molar-refractivity contribution in [1.82, 2.24) is 25.4 Å². The summed E-state index contributed by atoms with van der Waals surface area (Å²) in [6.45, 7) is 10.7. The Bertz CT molecular complexity index is 543. The normalized spacial score (nSPS) is 11.2. The first-order valence-electron chi connectivity index (χ1n) is 6.65. The van der Waals surface area contributed by atoms with Crippen LogP contribution in [0.1, 0.15) is 41.7 Å². The smallest absolute Gasteiger partial charge is 0.129 e. The van der Waals surface area contributed by atoms with E-state index in [9.17, 15) is 0 Å². The highest BCUT2D eigenvalue weighted by molar-refractivity contribution is 5.25. The Morgan fingerprint density at radius 2 is 1.95 bits per heavy atom. The summed E-state index contributed by atoms with van der Waals surface area (Å²) in [5.41, 5.74) is 5.15. The molecule has 6 nitrogen and oxygen atoms in total. The van der Waals surface area contributed by atoms with Crippen LogP contribution in [-0.4, -0.2) is 26.6 Å². The molecular formula is C13H21N5O. The van der Waals surface area contributed by atoms with E-state index in [-0.39, 0.29) is 0 Å². The summed E-state index contributed by atoms with van der Waals surface area (Å²) in [6, 6.07) is 0. The van der Waals surface area contributed by atoms with Crippen LogP contribution < -0.4 is 5.32 Å². The maximum Gasteiger partial charge on any atom is 0.129 e. The lowest BCUT2D eigenvalue weighted by Gasteiger charge is -2.05. The lowest BCUT2D eigenvalue weighted by Crippen LogP contribution is -2.15. The standard InChI is InChI=1S/C13H21N5O/c1-5-6-14-7-12-9(2)15-18(11(12)4)8-13-10(3)16-19-17-13/h14H,5-8H2,1-4H3. The Hall–Kier alpha value is -1.69. The number of nitrogens with one attached hydrogen (secondary N) is 1. The minimum atomic E-state index is 0.607. The van der Waals surface area contributed by atoms with Gasteiger partial charge in [-0.25, -0.2) is 4.63 Å². The molecule has 6 heteroatoms. The van der Waals surface area contributed by atoms with Crippen molar-refractivity contribution in [1.29, 1.82) is 0 Å². The highest BCUT2D eigenvalue weighted by Crippen LogP contribution is 2.14. The quantitative estimate of drug-likeness (QED) is 0.804. The van der Waals surface area contributed by atoms with E-state index in [1.165, 1.54) is 11.3 Å². The van der Waals surface area contributed by atoms with Crippen molar-refractivity contribution >= 4 is 0 Å². The van der Waals surface area contributed by atoms with Gasteiger partial charge in [0.1, 0.15) is 11.4 Å². The average Bonchev–Trinajstić information content (AvgIpc) is 2.89. The zero-order valence-electron chi connectivity index (χ0n) is 12.0. The Morgan fingerprint density at radius 1 is 1.16 bits per heavy atom. The van der Waals surface area contributed by atoms with Gasteiger partial charge in [0.15, 0.2) is 0 Å². The van der Waals surface area contributed by atoms with Crippen molar-refractivity contribution in [3.05, 3.63) is 28.3 Å². The number of aryl methyl sites for hydroxylation is 2. The molecule has 2 heterocycles. The second kappa shape index (κ2) is 5.97. The van der Waals surface area contributed by atoms with Gasteiger partial charge in [-0.1, -0.05) is 17.2 Å². The largest absolute Gasteiger partial charge is 0.313 e. The minimum absolute atomic E-state index is 0.607. The molecule has 0 fully saturated rings. The Labute approximate surface area is 113 Å². The molecule has 0 atom stereocenters. The van der Waals surface area contributed by atoms with E-state index in [2.05, 4.69) is 34.6 Å². The molecule has 2 aromatic heterocycles. The van der Waals surface area contributed by atoms with Crippen molar-refractivity contribution in [2.24, 2.45) is 0 Å². The maximum atomic E-state index is 4.72. The van der Waals surface area contributed by atoms with Crippen LogP contribution in [0, 0.1) is 20.8 Å². The third kappa shape index (κ3) is 3.01. The van der Waals surface area contributed by atoms with E-state index in [1.807, 2.05) is 18.5 Å². The van der Waals surface area contributed by atoms with Crippen molar-refractivity contribution in [3.8, 4) is 0 Å². The highest BCUT2D eigenvalue weighted by Gasteiger charge is 2.13. The van der Waals surface area contributed by atoms with E-state index < -0.39 is 0 Å². The number of rotatable bonds is 6. The molecule has 19 heavy (non-hydrogen) atoms. The van der Waals surface area contributed by atoms with Crippen LogP contribution in [0.3, 0.4) is 0 Å². The van der Waals surface area contributed by atoms with Crippen molar-refractivity contribution in [3.63, 3.8) is 0 Å². The fourth-order valence-electron chi connectivity index (χ4n) is 2.07. The molecule has 0 unspecified atom stereocenters. The van der Waals surface area contributed by atoms with Gasteiger partial charge in [0, 0.05) is 17.8 Å². The Morgan fingerprint density at radius 3 is 2.58 bits per heavy atom. The molecule has 0 amide bonds. The van der Waals surface area contributed by atoms with E-state index in [0.717, 1.165) is 36.6 Å². The third-order valence-electron chi connectivity index (χ3n) is 3.31. The molecular weight excluding hydrogens is 242 g/mol. The first-order chi connectivity index (χ1) is 9.13. The molecule has 0 spiro atoms. The van der Waals surface area contributed by atoms with E-state index >= 15 is 0 Å². The number of hydrogen-bond donors (Lipinski definition) is 1. The number of hydrogen-bond acceptors (Lipinski definition) is 5. The Balaban J connectivity index is 2.14. The SMILES string of the molecule is CCCNCc1c(C)nn(Cc2nonc2C)c1C. The van der Waals surface area contributed by atoms with Crippen LogP contribution in [0.2, 0.25) is 0 Å². The summed E-state index contributed by atoms with van der Waals surface area (Å²) < 4.78 is 6.68. The van der Waals surface area contributed by atoms with Crippen molar-refractivity contribution in [2.45, 2.75) is 47.2 Å². The van der Waals surface area contributed by atoms with Crippen LogP contribution in [0.5, 0.6) is 0 Å². The molecule has 2 aromatic rings. The topological polar surface area (TPSA) is 68.8 Å². The van der Waals surface area contributed by atoms with Crippen molar-refractivity contribution < 1.29 is 4.63 Å². The summed E-state index contributed by atoms with van der Waals surface area (Å²) in [6.07, 6.45) is 1.13. The Kier molecular flexibility index (Phi) is 4.31. The second-order valence-electron chi connectivity index (χ2n) is 4.78. The van der Waals surface area contributed by atoms with Gasteiger partial charge < -0.3 is 5.32 Å². The second-order valence-corrected chi connectivity index (χ2v) is 4.78. The van der Waals surface area contributed by atoms with Crippen LogP contribution >= 0.6 is 0 Å². The van der Waals surface area contributed by atoms with Gasteiger partial charge in [-0.15, -0.1) is 0 Å². The molecule has 104 valence electrons. The minimum Gasteiger partial charge on any atom is -0.313 e. The zero-order chi connectivity index (χ0) is 13.8. The molecule has 1 N–H and O–H groups in total. The van der Waals surface area contributed by atoms with Crippen LogP contribution in [0.25, 0.3) is 0 Å². The average molecular weight is 263 g/mol. The maximum absolute atomic E-state index is 4.72. The third-order valence-corrected chi connectivity index (χ3v) is 3.31. The summed E-state index contributed by atoms with van der Waals surface area (Å²) in [5.74, 6) is 0. The van der Waals surface area contributed by atoms with E-state index in [4.69, 9.17) is 4.63 Å². The van der Waals surface area contributed by atoms with Crippen LogP contribution in [-0.2, 0) is 13.1 Å². The monoisotopic (exact) mass is 263 g/mol. The lowest BCUT2D eigenvalue weighted by molar-refractivity contribution is 0.300. The molecule has 0 aliphatic carbocycles. The van der Waals surface area contributed by atoms with E-state index in [1.54, 1.807) is 0 Å². The molecule has 0 bridgehead atoms. The summed E-state index contributed by atoms with van der Waals surface area (Å²) in [7, 11) is 0.